The van der Waals surface area contributed by atoms with Crippen LogP contribution in [0.15, 0.2) is 64.9 Å². The van der Waals surface area contributed by atoms with Crippen molar-refractivity contribution in [3.05, 3.63) is 70.7 Å². The molecule has 0 fully saturated rings. The first-order valence-corrected chi connectivity index (χ1v) is 6.45. The van der Waals surface area contributed by atoms with Gasteiger partial charge in [-0.3, -0.25) is 4.79 Å². The van der Waals surface area contributed by atoms with Crippen molar-refractivity contribution in [2.45, 2.75) is 0 Å². The Kier molecular flexibility index (Phi) is 5.06. The number of hydrogen-bond acceptors (Lipinski definition) is 4. The smallest absolute Gasteiger partial charge is 0.271 e. The van der Waals surface area contributed by atoms with Gasteiger partial charge in [0.15, 0.2) is 0 Å². The van der Waals surface area contributed by atoms with Crippen LogP contribution in [0.4, 0.5) is 0 Å². The van der Waals surface area contributed by atoms with Crippen LogP contribution in [0.1, 0.15) is 15.9 Å². The lowest BCUT2D eigenvalue weighted by atomic mass is 10.1. The van der Waals surface area contributed by atoms with Crippen molar-refractivity contribution < 1.29 is 10.0 Å². The lowest BCUT2D eigenvalue weighted by molar-refractivity contribution is 0.0955. The van der Waals surface area contributed by atoms with Crippen LogP contribution in [0.25, 0.3) is 0 Å². The molecule has 1 amide bonds. The van der Waals surface area contributed by atoms with E-state index in [1.54, 1.807) is 48.5 Å². The maximum Gasteiger partial charge on any atom is 0.271 e. The number of oxime groups is 1. The van der Waals surface area contributed by atoms with E-state index in [2.05, 4.69) is 15.7 Å². The second-order valence-electron chi connectivity index (χ2n) is 4.03. The number of rotatable bonds is 4. The lowest BCUT2D eigenvalue weighted by Crippen LogP contribution is -2.20. The van der Waals surface area contributed by atoms with Gasteiger partial charge in [0.25, 0.3) is 5.91 Å². The van der Waals surface area contributed by atoms with Crippen LogP contribution in [-0.4, -0.2) is 23.0 Å². The second kappa shape index (κ2) is 7.21. The van der Waals surface area contributed by atoms with Crippen LogP contribution in [0, 0.1) is 0 Å². The van der Waals surface area contributed by atoms with Gasteiger partial charge < -0.3 is 5.21 Å². The maximum atomic E-state index is 11.9. The van der Waals surface area contributed by atoms with Gasteiger partial charge in [0, 0.05) is 11.1 Å². The molecule has 0 aliphatic rings. The molecule has 0 radical (unpaired) electrons. The molecule has 0 aromatic heterocycles. The van der Waals surface area contributed by atoms with Crippen molar-refractivity contribution >= 4 is 29.4 Å². The molecule has 0 bridgehead atoms. The number of carbonyl (C=O) groups excluding carboxylic acids is 1. The summed E-state index contributed by atoms with van der Waals surface area (Å²) < 4.78 is 0. The van der Waals surface area contributed by atoms with Crippen molar-refractivity contribution in [3.8, 4) is 0 Å². The Balaban J connectivity index is 2.23. The van der Waals surface area contributed by atoms with Crippen LogP contribution in [0.2, 0.25) is 5.02 Å². The molecule has 2 rings (SSSR count). The Labute approximate surface area is 126 Å². The predicted molar refractivity (Wildman–Crippen MR) is 82.2 cm³/mol. The topological polar surface area (TPSA) is 74.0 Å². The molecular weight excluding hydrogens is 290 g/mol. The third-order valence-electron chi connectivity index (χ3n) is 2.64. The van der Waals surface area contributed by atoms with Gasteiger partial charge in [-0.15, -0.1) is 0 Å². The van der Waals surface area contributed by atoms with E-state index in [-0.39, 0.29) is 11.6 Å². The van der Waals surface area contributed by atoms with E-state index in [1.807, 2.05) is 6.07 Å². The molecule has 21 heavy (non-hydrogen) atoms. The average molecular weight is 302 g/mol. The van der Waals surface area contributed by atoms with Gasteiger partial charge >= 0.3 is 0 Å². The normalized spacial score (nSPS) is 11.6. The molecule has 0 saturated heterocycles. The monoisotopic (exact) mass is 301 g/mol. The maximum absolute atomic E-state index is 11.9. The van der Waals surface area contributed by atoms with Crippen molar-refractivity contribution in [1.82, 2.24) is 5.43 Å². The first-order chi connectivity index (χ1) is 10.2. The Morgan fingerprint density at radius 1 is 1.10 bits per heavy atom. The van der Waals surface area contributed by atoms with E-state index in [1.165, 1.54) is 0 Å². The standard InChI is InChI=1S/C15H12ClN3O2/c16-13-9-5-4-8-12(13)14(10-17-21)18-19-15(20)11-6-2-1-3-7-11/h1-10,21H,(H,19,20)/b17-10-,18-14+. The Bertz CT molecular complexity index is 684. The van der Waals surface area contributed by atoms with Crippen LogP contribution in [0.5, 0.6) is 0 Å². The lowest BCUT2D eigenvalue weighted by Gasteiger charge is -2.04. The molecule has 5 nitrogen and oxygen atoms in total. The van der Waals surface area contributed by atoms with Crippen LogP contribution < -0.4 is 5.43 Å². The van der Waals surface area contributed by atoms with Crippen LogP contribution >= 0.6 is 11.6 Å². The number of nitrogens with one attached hydrogen (secondary N) is 1. The highest BCUT2D eigenvalue weighted by atomic mass is 35.5. The number of carbonyl (C=O) groups is 1. The molecule has 2 N–H and O–H groups in total. The third-order valence-corrected chi connectivity index (χ3v) is 2.97. The summed E-state index contributed by atoms with van der Waals surface area (Å²) in [5.41, 5.74) is 3.66. The van der Waals surface area contributed by atoms with Crippen LogP contribution in [0.3, 0.4) is 0 Å². The van der Waals surface area contributed by atoms with E-state index in [9.17, 15) is 4.79 Å². The minimum absolute atomic E-state index is 0.243. The van der Waals surface area contributed by atoms with E-state index >= 15 is 0 Å². The van der Waals surface area contributed by atoms with Crippen molar-refractivity contribution in [2.75, 3.05) is 0 Å². The summed E-state index contributed by atoms with van der Waals surface area (Å²) in [5, 5.41) is 16.0. The molecule has 0 unspecified atom stereocenters. The predicted octanol–water partition coefficient (Wildman–Crippen LogP) is 2.93. The summed E-state index contributed by atoms with van der Waals surface area (Å²) in [4.78, 5) is 11.9. The van der Waals surface area contributed by atoms with Gasteiger partial charge in [0.05, 0.1) is 11.2 Å². The first-order valence-electron chi connectivity index (χ1n) is 6.08. The SMILES string of the molecule is O=C(N/N=C(\C=N/O)c1ccccc1Cl)c1ccccc1. The Morgan fingerprint density at radius 3 is 2.43 bits per heavy atom. The molecule has 0 heterocycles. The Hall–Kier alpha value is -2.66. The zero-order valence-electron chi connectivity index (χ0n) is 10.9. The van der Waals surface area contributed by atoms with Gasteiger partial charge in [0.2, 0.25) is 0 Å². The van der Waals surface area contributed by atoms with E-state index < -0.39 is 0 Å². The molecule has 2 aromatic carbocycles. The number of halogens is 1. The summed E-state index contributed by atoms with van der Waals surface area (Å²) >= 11 is 6.05. The summed E-state index contributed by atoms with van der Waals surface area (Å²) in [6.45, 7) is 0. The quantitative estimate of drug-likeness (QED) is 0.517. The molecule has 106 valence electrons. The first kappa shape index (κ1) is 14.7. The minimum Gasteiger partial charge on any atom is -0.411 e. The molecule has 0 atom stereocenters. The zero-order valence-corrected chi connectivity index (χ0v) is 11.7. The van der Waals surface area contributed by atoms with Gasteiger partial charge in [-0.25, -0.2) is 5.43 Å². The van der Waals surface area contributed by atoms with Crippen molar-refractivity contribution in [3.63, 3.8) is 0 Å². The highest BCUT2D eigenvalue weighted by Crippen LogP contribution is 2.15. The molecule has 0 aliphatic heterocycles. The fourth-order valence-electron chi connectivity index (χ4n) is 1.65. The highest BCUT2D eigenvalue weighted by molar-refractivity contribution is 6.44. The van der Waals surface area contributed by atoms with E-state index in [0.29, 0.717) is 16.1 Å². The van der Waals surface area contributed by atoms with Crippen LogP contribution in [-0.2, 0) is 0 Å². The fraction of sp³-hybridized carbons (Fsp3) is 0. The molecule has 0 saturated carbocycles. The molecule has 2 aromatic rings. The highest BCUT2D eigenvalue weighted by Gasteiger charge is 2.08. The number of hydrazone groups is 1. The largest absolute Gasteiger partial charge is 0.411 e. The van der Waals surface area contributed by atoms with Gasteiger partial charge in [-0.2, -0.15) is 5.10 Å². The van der Waals surface area contributed by atoms with Gasteiger partial charge in [-0.05, 0) is 18.2 Å². The van der Waals surface area contributed by atoms with Crippen molar-refractivity contribution in [2.24, 2.45) is 10.3 Å². The summed E-state index contributed by atoms with van der Waals surface area (Å²) in [6.07, 6.45) is 1.10. The summed E-state index contributed by atoms with van der Waals surface area (Å²) in [7, 11) is 0. The van der Waals surface area contributed by atoms with E-state index in [0.717, 1.165) is 6.21 Å². The minimum atomic E-state index is -0.369. The number of benzene rings is 2. The molecule has 0 spiro atoms. The van der Waals surface area contributed by atoms with Gasteiger partial charge in [-0.1, -0.05) is 53.2 Å². The third kappa shape index (κ3) is 3.90. The molecular formula is C15H12ClN3O2. The zero-order chi connectivity index (χ0) is 15.1. The molecule has 0 aliphatic carbocycles. The number of amides is 1. The van der Waals surface area contributed by atoms with Crippen molar-refractivity contribution in [1.29, 1.82) is 0 Å². The fourth-order valence-corrected chi connectivity index (χ4v) is 1.88. The number of hydrogen-bond donors (Lipinski definition) is 2. The average Bonchev–Trinajstić information content (AvgIpc) is 2.53. The summed E-state index contributed by atoms with van der Waals surface area (Å²) in [6, 6.07) is 15.6. The Morgan fingerprint density at radius 2 is 1.76 bits per heavy atom. The number of nitrogens with zero attached hydrogens (tertiary/aromatic N) is 2. The summed E-state index contributed by atoms with van der Waals surface area (Å²) in [5.74, 6) is -0.369. The van der Waals surface area contributed by atoms with E-state index in [4.69, 9.17) is 16.8 Å². The molecule has 6 heteroatoms. The van der Waals surface area contributed by atoms with Gasteiger partial charge in [0.1, 0.15) is 5.71 Å². The second-order valence-corrected chi connectivity index (χ2v) is 4.44.